The van der Waals surface area contributed by atoms with Crippen LogP contribution in [0.15, 0.2) is 30.7 Å². The van der Waals surface area contributed by atoms with Crippen LogP contribution in [0.25, 0.3) is 11.6 Å². The first kappa shape index (κ1) is 9.13. The zero-order chi connectivity index (χ0) is 10.7. The van der Waals surface area contributed by atoms with E-state index in [1.807, 2.05) is 0 Å². The number of rotatable bonds is 2. The Bertz CT molecular complexity index is 487. The molecule has 0 atom stereocenters. The number of aromatic nitrogens is 4. The summed E-state index contributed by atoms with van der Waals surface area (Å²) in [4.78, 5) is 25.2. The molecule has 0 aliphatic heterocycles. The van der Waals surface area contributed by atoms with Crippen LogP contribution in [-0.4, -0.2) is 24.9 Å². The molecule has 2 aromatic heterocycles. The van der Waals surface area contributed by atoms with Gasteiger partial charge in [0.1, 0.15) is 0 Å². The van der Waals surface area contributed by atoms with Crippen LogP contribution in [0.1, 0.15) is 0 Å². The molecule has 0 radical (unpaired) electrons. The van der Waals surface area contributed by atoms with E-state index in [0.717, 1.165) is 0 Å². The van der Waals surface area contributed by atoms with Gasteiger partial charge < -0.3 is 10.1 Å². The van der Waals surface area contributed by atoms with E-state index in [9.17, 15) is 10.1 Å². The smallest absolute Gasteiger partial charge is 0.358 e. The lowest BCUT2D eigenvalue weighted by Gasteiger charge is -1.93. The van der Waals surface area contributed by atoms with E-state index >= 15 is 0 Å². The van der Waals surface area contributed by atoms with Crippen LogP contribution < -0.4 is 0 Å². The SMILES string of the molecule is O=[N+]([O-])c1ccnc(-c2ncccn2)n1. The van der Waals surface area contributed by atoms with Crippen molar-refractivity contribution >= 4 is 5.82 Å². The summed E-state index contributed by atoms with van der Waals surface area (Å²) in [7, 11) is 0. The second-order valence-corrected chi connectivity index (χ2v) is 2.57. The highest BCUT2D eigenvalue weighted by Crippen LogP contribution is 2.11. The molecule has 0 spiro atoms. The summed E-state index contributed by atoms with van der Waals surface area (Å²) in [6.45, 7) is 0. The van der Waals surface area contributed by atoms with Gasteiger partial charge in [-0.25, -0.2) is 15.0 Å². The summed E-state index contributed by atoms with van der Waals surface area (Å²) < 4.78 is 0. The van der Waals surface area contributed by atoms with Crippen molar-refractivity contribution in [2.24, 2.45) is 0 Å². The minimum Gasteiger partial charge on any atom is -0.358 e. The van der Waals surface area contributed by atoms with Crippen molar-refractivity contribution in [2.45, 2.75) is 0 Å². The fraction of sp³-hybridized carbons (Fsp3) is 0. The van der Waals surface area contributed by atoms with Crippen LogP contribution >= 0.6 is 0 Å². The Morgan fingerprint density at radius 2 is 1.73 bits per heavy atom. The molecule has 0 fully saturated rings. The van der Waals surface area contributed by atoms with E-state index < -0.39 is 4.92 Å². The Kier molecular flexibility index (Phi) is 2.28. The van der Waals surface area contributed by atoms with Crippen LogP contribution in [0.2, 0.25) is 0 Å². The van der Waals surface area contributed by atoms with Gasteiger partial charge in [0, 0.05) is 18.6 Å². The molecular weight excluding hydrogens is 198 g/mol. The quantitative estimate of drug-likeness (QED) is 0.530. The standard InChI is InChI=1S/C8H5N5O2/c14-13(15)6-2-5-11-8(12-6)7-9-3-1-4-10-7/h1-5H. The van der Waals surface area contributed by atoms with Crippen LogP contribution in [-0.2, 0) is 0 Å². The van der Waals surface area contributed by atoms with Gasteiger partial charge in [-0.05, 0) is 16.0 Å². The molecule has 15 heavy (non-hydrogen) atoms. The van der Waals surface area contributed by atoms with E-state index in [1.165, 1.54) is 24.7 Å². The second-order valence-electron chi connectivity index (χ2n) is 2.57. The van der Waals surface area contributed by atoms with E-state index in [4.69, 9.17) is 0 Å². The van der Waals surface area contributed by atoms with Gasteiger partial charge >= 0.3 is 11.6 Å². The van der Waals surface area contributed by atoms with Crippen molar-refractivity contribution in [1.29, 1.82) is 0 Å². The van der Waals surface area contributed by atoms with Crippen LogP contribution in [0.5, 0.6) is 0 Å². The predicted octanol–water partition coefficient (Wildman–Crippen LogP) is 0.842. The van der Waals surface area contributed by atoms with Gasteiger partial charge in [0.05, 0.1) is 6.07 Å². The molecule has 2 rings (SSSR count). The maximum atomic E-state index is 10.5. The average Bonchev–Trinajstić information content (AvgIpc) is 2.30. The molecule has 0 aromatic carbocycles. The van der Waals surface area contributed by atoms with Crippen LogP contribution in [0.3, 0.4) is 0 Å². The van der Waals surface area contributed by atoms with E-state index in [1.54, 1.807) is 6.07 Å². The lowest BCUT2D eigenvalue weighted by Crippen LogP contribution is -1.98. The molecule has 0 aliphatic carbocycles. The highest BCUT2D eigenvalue weighted by Gasteiger charge is 2.14. The summed E-state index contributed by atoms with van der Waals surface area (Å²) in [5, 5.41) is 10.5. The molecule has 74 valence electrons. The third-order valence-electron chi connectivity index (χ3n) is 1.59. The fourth-order valence-electron chi connectivity index (χ4n) is 0.973. The number of hydrogen-bond donors (Lipinski definition) is 0. The van der Waals surface area contributed by atoms with Crippen molar-refractivity contribution in [3.05, 3.63) is 40.8 Å². The van der Waals surface area contributed by atoms with Crippen molar-refractivity contribution in [3.8, 4) is 11.6 Å². The number of nitrogens with zero attached hydrogens (tertiary/aromatic N) is 5. The molecule has 2 heterocycles. The Morgan fingerprint density at radius 3 is 2.40 bits per heavy atom. The highest BCUT2D eigenvalue weighted by atomic mass is 16.6. The molecule has 7 nitrogen and oxygen atoms in total. The first-order valence-corrected chi connectivity index (χ1v) is 4.02. The maximum Gasteiger partial charge on any atom is 0.367 e. The molecule has 0 saturated heterocycles. The van der Waals surface area contributed by atoms with Crippen molar-refractivity contribution in [3.63, 3.8) is 0 Å². The van der Waals surface area contributed by atoms with Crippen LogP contribution in [0, 0.1) is 10.1 Å². The van der Waals surface area contributed by atoms with Gasteiger partial charge in [-0.15, -0.1) is 0 Å². The van der Waals surface area contributed by atoms with Crippen molar-refractivity contribution < 1.29 is 4.92 Å². The fourth-order valence-corrected chi connectivity index (χ4v) is 0.973. The topological polar surface area (TPSA) is 94.7 Å². The summed E-state index contributed by atoms with van der Waals surface area (Å²) >= 11 is 0. The third kappa shape index (κ3) is 1.90. The van der Waals surface area contributed by atoms with Gasteiger partial charge in [-0.2, -0.15) is 0 Å². The average molecular weight is 203 g/mol. The Balaban J connectivity index is 2.46. The molecule has 0 bridgehead atoms. The molecule has 0 N–H and O–H groups in total. The number of hydrogen-bond acceptors (Lipinski definition) is 6. The van der Waals surface area contributed by atoms with E-state index in [2.05, 4.69) is 19.9 Å². The van der Waals surface area contributed by atoms with Gasteiger partial charge in [0.25, 0.3) is 0 Å². The van der Waals surface area contributed by atoms with Gasteiger partial charge in [0.2, 0.25) is 5.82 Å². The molecule has 0 saturated carbocycles. The summed E-state index contributed by atoms with van der Waals surface area (Å²) in [5.41, 5.74) is 0. The van der Waals surface area contributed by atoms with Gasteiger partial charge in [-0.3, -0.25) is 0 Å². The summed E-state index contributed by atoms with van der Waals surface area (Å²) in [6.07, 6.45) is 4.34. The zero-order valence-corrected chi connectivity index (χ0v) is 7.44. The minimum absolute atomic E-state index is 0.143. The van der Waals surface area contributed by atoms with Crippen molar-refractivity contribution in [2.75, 3.05) is 0 Å². The Morgan fingerprint density at radius 1 is 1.07 bits per heavy atom. The number of nitro groups is 1. The monoisotopic (exact) mass is 203 g/mol. The summed E-state index contributed by atoms with van der Waals surface area (Å²) in [5.74, 6) is 0.137. The third-order valence-corrected chi connectivity index (χ3v) is 1.59. The largest absolute Gasteiger partial charge is 0.367 e. The lowest BCUT2D eigenvalue weighted by atomic mass is 10.5. The first-order chi connectivity index (χ1) is 7.27. The van der Waals surface area contributed by atoms with Gasteiger partial charge in [0.15, 0.2) is 0 Å². The minimum atomic E-state index is -0.589. The second kappa shape index (κ2) is 3.74. The normalized spacial score (nSPS) is 9.87. The van der Waals surface area contributed by atoms with Crippen LogP contribution in [0.4, 0.5) is 5.82 Å². The van der Waals surface area contributed by atoms with Crippen molar-refractivity contribution in [1.82, 2.24) is 19.9 Å². The zero-order valence-electron chi connectivity index (χ0n) is 7.44. The maximum absolute atomic E-state index is 10.5. The Hall–Kier alpha value is -2.44. The molecular formula is C8H5N5O2. The molecule has 2 aromatic rings. The molecule has 0 aliphatic rings. The highest BCUT2D eigenvalue weighted by molar-refractivity contribution is 5.43. The lowest BCUT2D eigenvalue weighted by molar-refractivity contribution is -0.389. The first-order valence-electron chi connectivity index (χ1n) is 4.02. The molecule has 0 unspecified atom stereocenters. The predicted molar refractivity (Wildman–Crippen MR) is 49.7 cm³/mol. The molecule has 0 amide bonds. The van der Waals surface area contributed by atoms with E-state index in [0.29, 0.717) is 0 Å². The Labute approximate surface area is 84.0 Å². The van der Waals surface area contributed by atoms with E-state index in [-0.39, 0.29) is 17.5 Å². The summed E-state index contributed by atoms with van der Waals surface area (Å²) in [6, 6.07) is 2.85. The van der Waals surface area contributed by atoms with Gasteiger partial charge in [-0.1, -0.05) is 0 Å². The molecule has 7 heteroatoms.